The third-order valence-corrected chi connectivity index (χ3v) is 4.30. The highest BCUT2D eigenvalue weighted by Gasteiger charge is 2.23. The zero-order valence-corrected chi connectivity index (χ0v) is 18.6. The number of hydrogen-bond acceptors (Lipinski definition) is 3. The number of para-hydroxylation sites is 1. The summed E-state index contributed by atoms with van der Waals surface area (Å²) in [6, 6.07) is 7.63. The number of aliphatic imine (C=N–C) groups is 1. The number of rotatable bonds is 6. The van der Waals surface area contributed by atoms with Crippen molar-refractivity contribution in [2.75, 3.05) is 26.7 Å². The molecule has 0 aliphatic carbocycles. The van der Waals surface area contributed by atoms with Gasteiger partial charge in [0.1, 0.15) is 11.9 Å². The smallest absolute Gasteiger partial charge is 0.222 e. The van der Waals surface area contributed by atoms with Crippen LogP contribution in [-0.2, 0) is 4.79 Å². The lowest BCUT2D eigenvalue weighted by molar-refractivity contribution is -0.132. The number of piperidine rings is 1. The maximum absolute atomic E-state index is 11.6. The number of nitrogens with zero attached hydrogens (tertiary/aromatic N) is 2. The van der Waals surface area contributed by atoms with Crippen LogP contribution in [0.5, 0.6) is 5.75 Å². The van der Waals surface area contributed by atoms with Gasteiger partial charge in [0.25, 0.3) is 0 Å². The summed E-state index contributed by atoms with van der Waals surface area (Å²) >= 11 is 6.12. The van der Waals surface area contributed by atoms with E-state index in [9.17, 15) is 4.79 Å². The molecule has 2 rings (SSSR count). The standard InChI is InChI=1S/C18H27ClN4O2.HI/c1-4-20-18(22-14-9-10-17(24)23(3)12-14)21-11-13(2)25-16-8-6-5-7-15(16)19;/h5-8,13-14H,4,9-12H2,1-3H3,(H2,20,21,22);1H. The van der Waals surface area contributed by atoms with Gasteiger partial charge in [-0.15, -0.1) is 24.0 Å². The lowest BCUT2D eigenvalue weighted by Crippen LogP contribution is -2.51. The molecule has 0 aromatic heterocycles. The van der Waals surface area contributed by atoms with Crippen LogP contribution in [0.4, 0.5) is 0 Å². The van der Waals surface area contributed by atoms with Gasteiger partial charge in [-0.1, -0.05) is 23.7 Å². The van der Waals surface area contributed by atoms with E-state index in [-0.39, 0.29) is 42.0 Å². The van der Waals surface area contributed by atoms with Crippen LogP contribution in [0, 0.1) is 0 Å². The lowest BCUT2D eigenvalue weighted by Gasteiger charge is -2.31. The Morgan fingerprint density at radius 1 is 1.46 bits per heavy atom. The van der Waals surface area contributed by atoms with E-state index in [0.717, 1.165) is 18.9 Å². The van der Waals surface area contributed by atoms with Gasteiger partial charge in [0.15, 0.2) is 5.96 Å². The summed E-state index contributed by atoms with van der Waals surface area (Å²) < 4.78 is 5.85. The first kappa shape index (κ1) is 22.8. The molecule has 1 aromatic carbocycles. The average Bonchev–Trinajstić information content (AvgIpc) is 2.58. The Morgan fingerprint density at radius 3 is 2.85 bits per heavy atom. The van der Waals surface area contributed by atoms with E-state index < -0.39 is 0 Å². The van der Waals surface area contributed by atoms with Crippen LogP contribution in [0.25, 0.3) is 0 Å². The fourth-order valence-electron chi connectivity index (χ4n) is 2.66. The Kier molecular flexibility index (Phi) is 10.1. The molecule has 1 fully saturated rings. The molecule has 0 spiro atoms. The fourth-order valence-corrected chi connectivity index (χ4v) is 2.84. The molecular formula is C18H28ClIN4O2. The van der Waals surface area contributed by atoms with Crippen molar-refractivity contribution in [1.29, 1.82) is 0 Å². The topological polar surface area (TPSA) is 66.0 Å². The number of hydrogen-bond donors (Lipinski definition) is 2. The molecule has 1 amide bonds. The molecule has 6 nitrogen and oxygen atoms in total. The molecular weight excluding hydrogens is 467 g/mol. The average molecular weight is 495 g/mol. The summed E-state index contributed by atoms with van der Waals surface area (Å²) in [7, 11) is 1.83. The van der Waals surface area contributed by atoms with E-state index in [4.69, 9.17) is 16.3 Å². The quantitative estimate of drug-likeness (QED) is 0.363. The van der Waals surface area contributed by atoms with Crippen molar-refractivity contribution in [3.63, 3.8) is 0 Å². The number of benzene rings is 1. The van der Waals surface area contributed by atoms with Gasteiger partial charge in [-0.25, -0.2) is 4.99 Å². The fraction of sp³-hybridized carbons (Fsp3) is 0.556. The third-order valence-electron chi connectivity index (χ3n) is 3.98. The second-order valence-corrected chi connectivity index (χ2v) is 6.64. The maximum atomic E-state index is 11.6. The molecule has 0 radical (unpaired) electrons. The first-order valence-electron chi connectivity index (χ1n) is 8.69. The van der Waals surface area contributed by atoms with E-state index in [1.54, 1.807) is 11.0 Å². The zero-order valence-electron chi connectivity index (χ0n) is 15.5. The van der Waals surface area contributed by atoms with Crippen molar-refractivity contribution in [2.24, 2.45) is 4.99 Å². The Labute approximate surface area is 177 Å². The molecule has 146 valence electrons. The molecule has 26 heavy (non-hydrogen) atoms. The second-order valence-electron chi connectivity index (χ2n) is 6.23. The van der Waals surface area contributed by atoms with Gasteiger partial charge in [0, 0.05) is 32.6 Å². The number of carbonyl (C=O) groups excluding carboxylic acids is 1. The summed E-state index contributed by atoms with van der Waals surface area (Å²) in [5.74, 6) is 1.60. The van der Waals surface area contributed by atoms with Gasteiger partial charge in [0.2, 0.25) is 5.91 Å². The Balaban J connectivity index is 0.00000338. The van der Waals surface area contributed by atoms with Gasteiger partial charge in [-0.2, -0.15) is 0 Å². The summed E-state index contributed by atoms with van der Waals surface area (Å²) in [6.45, 7) is 5.95. The predicted molar refractivity (Wildman–Crippen MR) is 117 cm³/mol. The first-order valence-corrected chi connectivity index (χ1v) is 9.07. The van der Waals surface area contributed by atoms with Crippen LogP contribution >= 0.6 is 35.6 Å². The van der Waals surface area contributed by atoms with Crippen LogP contribution < -0.4 is 15.4 Å². The highest BCUT2D eigenvalue weighted by atomic mass is 127. The molecule has 2 unspecified atom stereocenters. The minimum atomic E-state index is -0.106. The number of ether oxygens (including phenoxy) is 1. The van der Waals surface area contributed by atoms with E-state index in [2.05, 4.69) is 15.6 Å². The molecule has 0 bridgehead atoms. The van der Waals surface area contributed by atoms with Crippen molar-refractivity contribution in [3.05, 3.63) is 29.3 Å². The van der Waals surface area contributed by atoms with Crippen LogP contribution in [0.3, 0.4) is 0 Å². The Morgan fingerprint density at radius 2 is 2.19 bits per heavy atom. The van der Waals surface area contributed by atoms with Gasteiger partial charge in [-0.05, 0) is 32.4 Å². The van der Waals surface area contributed by atoms with Crippen LogP contribution in [0.2, 0.25) is 5.02 Å². The first-order chi connectivity index (χ1) is 12.0. The highest BCUT2D eigenvalue weighted by molar-refractivity contribution is 14.0. The molecule has 1 aliphatic heterocycles. The van der Waals surface area contributed by atoms with Crippen LogP contribution in [-0.4, -0.2) is 55.6 Å². The summed E-state index contributed by atoms with van der Waals surface area (Å²) in [5.41, 5.74) is 0. The number of nitrogens with one attached hydrogen (secondary N) is 2. The zero-order chi connectivity index (χ0) is 18.2. The van der Waals surface area contributed by atoms with E-state index >= 15 is 0 Å². The molecule has 1 saturated heterocycles. The van der Waals surface area contributed by atoms with Crippen molar-refractivity contribution in [1.82, 2.24) is 15.5 Å². The molecule has 2 N–H and O–H groups in total. The number of amides is 1. The molecule has 1 aliphatic rings. The molecule has 8 heteroatoms. The summed E-state index contributed by atoms with van der Waals surface area (Å²) in [6.07, 6.45) is 1.28. The SMILES string of the molecule is CCNC(=NCC(C)Oc1ccccc1Cl)NC1CCC(=O)N(C)C1.I. The molecule has 2 atom stereocenters. The van der Waals surface area contributed by atoms with Gasteiger partial charge in [0.05, 0.1) is 11.6 Å². The molecule has 1 heterocycles. The van der Waals surface area contributed by atoms with Crippen molar-refractivity contribution in [2.45, 2.75) is 38.8 Å². The minimum absolute atomic E-state index is 0. The lowest BCUT2D eigenvalue weighted by atomic mass is 10.1. The molecule has 1 aromatic rings. The highest BCUT2D eigenvalue weighted by Crippen LogP contribution is 2.24. The van der Waals surface area contributed by atoms with E-state index in [1.807, 2.05) is 39.1 Å². The van der Waals surface area contributed by atoms with Crippen molar-refractivity contribution < 1.29 is 9.53 Å². The summed E-state index contributed by atoms with van der Waals surface area (Å²) in [4.78, 5) is 18.0. The van der Waals surface area contributed by atoms with Gasteiger partial charge < -0.3 is 20.3 Å². The Hall–Kier alpha value is -1.22. The van der Waals surface area contributed by atoms with Gasteiger partial charge in [-0.3, -0.25) is 4.79 Å². The third kappa shape index (κ3) is 7.19. The van der Waals surface area contributed by atoms with E-state index in [1.165, 1.54) is 0 Å². The van der Waals surface area contributed by atoms with Crippen LogP contribution in [0.1, 0.15) is 26.7 Å². The Bertz CT molecular complexity index is 615. The number of guanidine groups is 1. The maximum Gasteiger partial charge on any atom is 0.222 e. The molecule has 0 saturated carbocycles. The number of likely N-dealkylation sites (tertiary alicyclic amines) is 1. The number of carbonyl (C=O) groups is 1. The number of likely N-dealkylation sites (N-methyl/N-ethyl adjacent to an activating group) is 1. The monoisotopic (exact) mass is 494 g/mol. The van der Waals surface area contributed by atoms with Crippen molar-refractivity contribution in [3.8, 4) is 5.75 Å². The normalized spacial score (nSPS) is 18.8. The van der Waals surface area contributed by atoms with Crippen molar-refractivity contribution >= 4 is 47.4 Å². The predicted octanol–water partition coefficient (Wildman–Crippen LogP) is 2.90. The second kappa shape index (κ2) is 11.5. The summed E-state index contributed by atoms with van der Waals surface area (Å²) in [5, 5.41) is 7.24. The number of halogens is 2. The minimum Gasteiger partial charge on any atom is -0.487 e. The largest absolute Gasteiger partial charge is 0.487 e. The van der Waals surface area contributed by atoms with Gasteiger partial charge >= 0.3 is 0 Å². The van der Waals surface area contributed by atoms with Crippen LogP contribution in [0.15, 0.2) is 29.3 Å². The van der Waals surface area contributed by atoms with E-state index in [0.29, 0.717) is 30.3 Å².